The third-order valence-electron chi connectivity index (χ3n) is 4.39. The van der Waals surface area contributed by atoms with Crippen LogP contribution in [0.4, 0.5) is 5.82 Å². The molecule has 0 saturated heterocycles. The van der Waals surface area contributed by atoms with Crippen LogP contribution < -0.4 is 5.32 Å². The number of fused-ring (bicyclic) bond motifs is 2. The first-order valence-corrected chi connectivity index (χ1v) is 8.10. The summed E-state index contributed by atoms with van der Waals surface area (Å²) in [7, 11) is 0. The maximum atomic E-state index is 4.72. The highest BCUT2D eigenvalue weighted by molar-refractivity contribution is 5.47. The van der Waals surface area contributed by atoms with Gasteiger partial charge in [0.2, 0.25) is 0 Å². The van der Waals surface area contributed by atoms with E-state index in [1.165, 1.54) is 11.1 Å². The molecule has 4 rings (SSSR count). The molecule has 0 fully saturated rings. The van der Waals surface area contributed by atoms with Gasteiger partial charge in [0, 0.05) is 5.41 Å². The molecule has 0 bridgehead atoms. The Morgan fingerprint density at radius 2 is 1.91 bits per heavy atom. The molecule has 0 aliphatic heterocycles. The number of anilines is 1. The third-order valence-corrected chi connectivity index (χ3v) is 4.39. The van der Waals surface area contributed by atoms with Crippen LogP contribution >= 0.6 is 0 Å². The van der Waals surface area contributed by atoms with E-state index in [4.69, 9.17) is 5.10 Å². The molecule has 1 aliphatic carbocycles. The van der Waals surface area contributed by atoms with E-state index >= 15 is 0 Å². The van der Waals surface area contributed by atoms with E-state index in [1.807, 2.05) is 16.6 Å². The van der Waals surface area contributed by atoms with Crippen molar-refractivity contribution in [2.45, 2.75) is 45.1 Å². The van der Waals surface area contributed by atoms with Crippen molar-refractivity contribution in [1.82, 2.24) is 19.8 Å². The molecule has 2 heterocycles. The van der Waals surface area contributed by atoms with Crippen LogP contribution in [0, 0.1) is 0 Å². The molecule has 5 nitrogen and oxygen atoms in total. The molecule has 0 amide bonds. The zero-order chi connectivity index (χ0) is 16.0. The lowest BCUT2D eigenvalue weighted by molar-refractivity contribution is 0.527. The number of nitrogens with one attached hydrogen (secondary N) is 1. The molecule has 1 unspecified atom stereocenters. The summed E-state index contributed by atoms with van der Waals surface area (Å²) in [5.41, 5.74) is 3.51. The number of aromatic nitrogens is 4. The molecule has 0 spiro atoms. The fourth-order valence-electron chi connectivity index (χ4n) is 3.22. The van der Waals surface area contributed by atoms with Crippen LogP contribution in [0.2, 0.25) is 0 Å². The first-order chi connectivity index (χ1) is 11.0. The SMILES string of the molecule is CC(C)(C)c1nnc2ccc(NC3CCc4ccccc43)nn12. The van der Waals surface area contributed by atoms with Crippen molar-refractivity contribution in [3.05, 3.63) is 53.3 Å². The summed E-state index contributed by atoms with van der Waals surface area (Å²) in [6.45, 7) is 6.37. The van der Waals surface area contributed by atoms with E-state index in [1.54, 1.807) is 0 Å². The first kappa shape index (κ1) is 14.2. The minimum atomic E-state index is -0.0923. The molecule has 118 valence electrons. The average Bonchev–Trinajstić information content (AvgIpc) is 3.11. The van der Waals surface area contributed by atoms with Crippen LogP contribution in [-0.4, -0.2) is 19.8 Å². The number of aryl methyl sites for hydroxylation is 1. The molecule has 1 N–H and O–H groups in total. The maximum Gasteiger partial charge on any atom is 0.178 e. The Balaban J connectivity index is 1.68. The maximum absolute atomic E-state index is 4.72. The largest absolute Gasteiger partial charge is 0.362 e. The van der Waals surface area contributed by atoms with E-state index < -0.39 is 0 Å². The molecular formula is C18H21N5. The molecule has 23 heavy (non-hydrogen) atoms. The van der Waals surface area contributed by atoms with Crippen LogP contribution in [-0.2, 0) is 11.8 Å². The van der Waals surface area contributed by atoms with E-state index in [0.717, 1.165) is 30.1 Å². The van der Waals surface area contributed by atoms with Gasteiger partial charge in [-0.15, -0.1) is 15.3 Å². The average molecular weight is 307 g/mol. The Labute approximate surface area is 135 Å². The summed E-state index contributed by atoms with van der Waals surface area (Å²) in [4.78, 5) is 0. The van der Waals surface area contributed by atoms with Crippen molar-refractivity contribution in [2.24, 2.45) is 0 Å². The lowest BCUT2D eigenvalue weighted by Gasteiger charge is -2.17. The molecule has 0 radical (unpaired) electrons. The highest BCUT2D eigenvalue weighted by Gasteiger charge is 2.24. The fraction of sp³-hybridized carbons (Fsp3) is 0.389. The minimum Gasteiger partial charge on any atom is -0.362 e. The molecule has 3 aromatic rings. The highest BCUT2D eigenvalue weighted by Crippen LogP contribution is 2.33. The number of hydrogen-bond donors (Lipinski definition) is 1. The normalized spacial score (nSPS) is 17.4. The van der Waals surface area contributed by atoms with Gasteiger partial charge in [-0.3, -0.25) is 0 Å². The van der Waals surface area contributed by atoms with Gasteiger partial charge in [-0.05, 0) is 36.1 Å². The Kier molecular flexibility index (Phi) is 3.11. The molecule has 0 saturated carbocycles. The zero-order valence-electron chi connectivity index (χ0n) is 13.7. The number of rotatable bonds is 2. The van der Waals surface area contributed by atoms with E-state index in [9.17, 15) is 0 Å². The monoisotopic (exact) mass is 307 g/mol. The Bertz CT molecular complexity index is 859. The van der Waals surface area contributed by atoms with Crippen LogP contribution in [0.1, 0.15) is 50.2 Å². The van der Waals surface area contributed by atoms with Crippen LogP contribution in [0.3, 0.4) is 0 Å². The molecular weight excluding hydrogens is 286 g/mol. The number of nitrogens with zero attached hydrogens (tertiary/aromatic N) is 4. The van der Waals surface area contributed by atoms with Gasteiger partial charge < -0.3 is 5.32 Å². The summed E-state index contributed by atoms with van der Waals surface area (Å²) >= 11 is 0. The molecule has 1 aromatic carbocycles. The lowest BCUT2D eigenvalue weighted by atomic mass is 9.96. The van der Waals surface area contributed by atoms with Crippen LogP contribution in [0.15, 0.2) is 36.4 Å². The summed E-state index contributed by atoms with van der Waals surface area (Å²) in [6, 6.07) is 12.9. The van der Waals surface area contributed by atoms with E-state index in [0.29, 0.717) is 6.04 Å². The smallest absolute Gasteiger partial charge is 0.178 e. The van der Waals surface area contributed by atoms with Crippen molar-refractivity contribution in [2.75, 3.05) is 5.32 Å². The van der Waals surface area contributed by atoms with Crippen molar-refractivity contribution in [3.63, 3.8) is 0 Å². The van der Waals surface area contributed by atoms with Crippen molar-refractivity contribution in [3.8, 4) is 0 Å². The second kappa shape index (κ2) is 5.05. The predicted molar refractivity (Wildman–Crippen MR) is 90.6 cm³/mol. The van der Waals surface area contributed by atoms with Crippen LogP contribution in [0.25, 0.3) is 5.65 Å². The van der Waals surface area contributed by atoms with Gasteiger partial charge in [0.1, 0.15) is 5.82 Å². The van der Waals surface area contributed by atoms with Gasteiger partial charge in [0.25, 0.3) is 0 Å². The Morgan fingerprint density at radius 1 is 1.09 bits per heavy atom. The number of hydrogen-bond acceptors (Lipinski definition) is 4. The summed E-state index contributed by atoms with van der Waals surface area (Å²) in [5.74, 6) is 1.74. The molecule has 2 aromatic heterocycles. The van der Waals surface area contributed by atoms with E-state index in [2.05, 4.69) is 60.6 Å². The van der Waals surface area contributed by atoms with Crippen molar-refractivity contribution >= 4 is 11.5 Å². The lowest BCUT2D eigenvalue weighted by Crippen LogP contribution is -2.18. The first-order valence-electron chi connectivity index (χ1n) is 8.10. The highest BCUT2D eigenvalue weighted by atomic mass is 15.4. The summed E-state index contributed by atoms with van der Waals surface area (Å²) < 4.78 is 1.85. The summed E-state index contributed by atoms with van der Waals surface area (Å²) in [5, 5.41) is 16.8. The third kappa shape index (κ3) is 2.46. The van der Waals surface area contributed by atoms with Crippen LogP contribution in [0.5, 0.6) is 0 Å². The van der Waals surface area contributed by atoms with Gasteiger partial charge in [-0.2, -0.15) is 4.52 Å². The van der Waals surface area contributed by atoms with Gasteiger partial charge >= 0.3 is 0 Å². The van der Waals surface area contributed by atoms with Gasteiger partial charge in [0.15, 0.2) is 11.5 Å². The molecule has 1 aliphatic rings. The summed E-state index contributed by atoms with van der Waals surface area (Å²) in [6.07, 6.45) is 2.23. The minimum absolute atomic E-state index is 0.0923. The Morgan fingerprint density at radius 3 is 2.74 bits per heavy atom. The predicted octanol–water partition coefficient (Wildman–Crippen LogP) is 3.52. The topological polar surface area (TPSA) is 55.1 Å². The zero-order valence-corrected chi connectivity index (χ0v) is 13.7. The number of benzene rings is 1. The Hall–Kier alpha value is -2.43. The van der Waals surface area contributed by atoms with Gasteiger partial charge in [0.05, 0.1) is 6.04 Å². The standard InChI is InChI=1S/C18H21N5/c1-18(2,3)17-21-20-16-11-10-15(22-23(16)17)19-14-9-8-12-6-4-5-7-13(12)14/h4-7,10-11,14H,8-9H2,1-3H3,(H,19,22). The van der Waals surface area contributed by atoms with Crippen molar-refractivity contribution < 1.29 is 0 Å². The second-order valence-corrected chi connectivity index (χ2v) is 7.20. The van der Waals surface area contributed by atoms with Gasteiger partial charge in [-0.25, -0.2) is 0 Å². The quantitative estimate of drug-likeness (QED) is 0.787. The van der Waals surface area contributed by atoms with E-state index in [-0.39, 0.29) is 5.41 Å². The molecule has 5 heteroatoms. The second-order valence-electron chi connectivity index (χ2n) is 7.20. The fourth-order valence-corrected chi connectivity index (χ4v) is 3.22. The van der Waals surface area contributed by atoms with Gasteiger partial charge in [-0.1, -0.05) is 45.0 Å². The van der Waals surface area contributed by atoms with Crippen molar-refractivity contribution in [1.29, 1.82) is 0 Å². The molecule has 1 atom stereocenters.